The molecule has 5 heteroatoms. The van der Waals surface area contributed by atoms with Crippen molar-refractivity contribution in [2.45, 2.75) is 32.6 Å². The van der Waals surface area contributed by atoms with Crippen molar-refractivity contribution in [1.29, 1.82) is 0 Å². The van der Waals surface area contributed by atoms with Gasteiger partial charge in [-0.25, -0.2) is 9.78 Å². The molecular weight excluding hydrogens is 338 g/mol. The first kappa shape index (κ1) is 15.2. The normalized spacial score (nSPS) is 11.6. The van der Waals surface area contributed by atoms with Gasteiger partial charge in [-0.1, -0.05) is 48.8 Å². The first-order valence-corrected chi connectivity index (χ1v) is 7.86. The lowest BCUT2D eigenvalue weighted by atomic mass is 9.91. The molecule has 2 aromatic rings. The molecule has 0 spiro atoms. The fourth-order valence-electron chi connectivity index (χ4n) is 1.91. The van der Waals surface area contributed by atoms with E-state index in [1.807, 2.05) is 45.0 Å². The molecule has 3 nitrogen and oxygen atoms in total. The smallest absolute Gasteiger partial charge is 0.347 e. The summed E-state index contributed by atoms with van der Waals surface area (Å²) >= 11 is 4.71. The maximum atomic E-state index is 11.4. The number of aromatic carboxylic acids is 1. The largest absolute Gasteiger partial charge is 0.477 e. The maximum absolute atomic E-state index is 11.4. The van der Waals surface area contributed by atoms with E-state index in [0.717, 1.165) is 15.0 Å². The van der Waals surface area contributed by atoms with Gasteiger partial charge < -0.3 is 5.11 Å². The Kier molecular flexibility index (Phi) is 4.30. The van der Waals surface area contributed by atoms with Crippen LogP contribution in [0, 0.1) is 0 Å². The zero-order valence-electron chi connectivity index (χ0n) is 11.6. The molecule has 0 saturated heterocycles. The number of aromatic nitrogens is 1. The molecule has 0 atom stereocenters. The number of hydrogen-bond acceptors (Lipinski definition) is 3. The average Bonchev–Trinajstić information content (AvgIpc) is 2.73. The Morgan fingerprint density at radius 3 is 2.60 bits per heavy atom. The van der Waals surface area contributed by atoms with Gasteiger partial charge in [-0.05, 0) is 17.7 Å². The fraction of sp³-hybridized carbons (Fsp3) is 0.333. The second kappa shape index (κ2) is 5.66. The minimum Gasteiger partial charge on any atom is -0.477 e. The predicted molar refractivity (Wildman–Crippen MR) is 84.7 cm³/mol. The molecule has 1 N–H and O–H groups in total. The predicted octanol–water partition coefficient (Wildman–Crippen LogP) is 4.49. The van der Waals surface area contributed by atoms with Crippen LogP contribution in [-0.2, 0) is 11.8 Å². The highest BCUT2D eigenvalue weighted by Crippen LogP contribution is 2.30. The third-order valence-corrected chi connectivity index (χ3v) is 4.36. The van der Waals surface area contributed by atoms with Gasteiger partial charge in [-0.15, -0.1) is 11.3 Å². The van der Waals surface area contributed by atoms with Gasteiger partial charge in [0.2, 0.25) is 0 Å². The zero-order valence-corrected chi connectivity index (χ0v) is 14.0. The van der Waals surface area contributed by atoms with E-state index in [4.69, 9.17) is 0 Å². The Bertz CT molecular complexity index is 644. The summed E-state index contributed by atoms with van der Waals surface area (Å²) in [5.74, 6) is -0.895. The van der Waals surface area contributed by atoms with Gasteiger partial charge in [0.15, 0.2) is 0 Å². The van der Waals surface area contributed by atoms with E-state index in [2.05, 4.69) is 20.9 Å². The Balaban J connectivity index is 2.37. The van der Waals surface area contributed by atoms with Crippen LogP contribution in [0.25, 0.3) is 0 Å². The molecule has 0 aliphatic carbocycles. The van der Waals surface area contributed by atoms with Crippen LogP contribution in [-0.4, -0.2) is 16.1 Å². The van der Waals surface area contributed by atoms with E-state index in [0.29, 0.717) is 17.0 Å². The third kappa shape index (κ3) is 3.46. The first-order valence-electron chi connectivity index (χ1n) is 6.25. The van der Waals surface area contributed by atoms with Crippen LogP contribution in [0.2, 0.25) is 0 Å². The molecule has 0 fully saturated rings. The standard InChI is InChI=1S/C15H16BrNO2S/c1-15(2,3)13-12(14(18)19)20-11(17-13)8-9-5-4-6-10(16)7-9/h4-7H,8H2,1-3H3,(H,18,19). The van der Waals surface area contributed by atoms with Crippen LogP contribution in [0.4, 0.5) is 0 Å². The van der Waals surface area contributed by atoms with Crippen LogP contribution in [0.15, 0.2) is 28.7 Å². The van der Waals surface area contributed by atoms with E-state index >= 15 is 0 Å². The second-order valence-electron chi connectivity index (χ2n) is 5.65. The highest BCUT2D eigenvalue weighted by atomic mass is 79.9. The molecule has 1 heterocycles. The zero-order chi connectivity index (χ0) is 14.9. The monoisotopic (exact) mass is 353 g/mol. The molecule has 0 unspecified atom stereocenters. The van der Waals surface area contributed by atoms with Crippen LogP contribution in [0.1, 0.15) is 46.7 Å². The molecule has 0 aliphatic heterocycles. The minimum absolute atomic E-state index is 0.264. The van der Waals surface area contributed by atoms with Crippen LogP contribution in [0.3, 0.4) is 0 Å². The highest BCUT2D eigenvalue weighted by Gasteiger charge is 2.26. The maximum Gasteiger partial charge on any atom is 0.347 e. The number of halogens is 1. The van der Waals surface area contributed by atoms with Gasteiger partial charge in [0.25, 0.3) is 0 Å². The SMILES string of the molecule is CC(C)(C)c1nc(Cc2cccc(Br)c2)sc1C(=O)O. The van der Waals surface area contributed by atoms with E-state index in [1.54, 1.807) is 0 Å². The Morgan fingerprint density at radius 1 is 1.40 bits per heavy atom. The summed E-state index contributed by atoms with van der Waals surface area (Å²) in [5.41, 5.74) is 1.52. The van der Waals surface area contributed by atoms with Gasteiger partial charge >= 0.3 is 5.97 Å². The van der Waals surface area contributed by atoms with Crippen molar-refractivity contribution in [1.82, 2.24) is 4.98 Å². The van der Waals surface area contributed by atoms with Gasteiger partial charge in [0, 0.05) is 16.3 Å². The fourth-order valence-corrected chi connectivity index (χ4v) is 3.51. The van der Waals surface area contributed by atoms with Crippen LogP contribution >= 0.6 is 27.3 Å². The van der Waals surface area contributed by atoms with Crippen LogP contribution < -0.4 is 0 Å². The molecule has 1 aromatic carbocycles. The van der Waals surface area contributed by atoms with Crippen molar-refractivity contribution in [3.63, 3.8) is 0 Å². The topological polar surface area (TPSA) is 50.2 Å². The lowest BCUT2D eigenvalue weighted by molar-refractivity contribution is 0.0699. The summed E-state index contributed by atoms with van der Waals surface area (Å²) in [6, 6.07) is 7.98. The average molecular weight is 354 g/mol. The lowest BCUT2D eigenvalue weighted by Gasteiger charge is -2.16. The quantitative estimate of drug-likeness (QED) is 0.883. The van der Waals surface area contributed by atoms with E-state index in [1.165, 1.54) is 11.3 Å². The summed E-state index contributed by atoms with van der Waals surface area (Å²) in [4.78, 5) is 16.3. The Morgan fingerprint density at radius 2 is 2.10 bits per heavy atom. The summed E-state index contributed by atoms with van der Waals surface area (Å²) in [6.45, 7) is 5.95. The van der Waals surface area contributed by atoms with Crippen molar-refractivity contribution in [2.75, 3.05) is 0 Å². The van der Waals surface area contributed by atoms with Crippen molar-refractivity contribution in [3.05, 3.63) is 49.9 Å². The summed E-state index contributed by atoms with van der Waals surface area (Å²) in [7, 11) is 0. The molecule has 20 heavy (non-hydrogen) atoms. The number of thiazole rings is 1. The molecular formula is C15H16BrNO2S. The van der Waals surface area contributed by atoms with Crippen molar-refractivity contribution < 1.29 is 9.90 Å². The van der Waals surface area contributed by atoms with E-state index < -0.39 is 5.97 Å². The van der Waals surface area contributed by atoms with E-state index in [9.17, 15) is 9.90 Å². The number of benzene rings is 1. The molecule has 0 aliphatic rings. The van der Waals surface area contributed by atoms with Crippen molar-refractivity contribution in [2.24, 2.45) is 0 Å². The Hall–Kier alpha value is -1.20. The molecule has 2 rings (SSSR count). The molecule has 0 bridgehead atoms. The van der Waals surface area contributed by atoms with Gasteiger partial charge in [0.1, 0.15) is 4.88 Å². The lowest BCUT2D eigenvalue weighted by Crippen LogP contribution is -2.16. The summed E-state index contributed by atoms with van der Waals surface area (Å²) < 4.78 is 1.01. The van der Waals surface area contributed by atoms with Crippen molar-refractivity contribution in [3.8, 4) is 0 Å². The number of hydrogen-bond donors (Lipinski definition) is 1. The number of nitrogens with zero attached hydrogens (tertiary/aromatic N) is 1. The second-order valence-corrected chi connectivity index (χ2v) is 7.65. The number of rotatable bonds is 3. The summed E-state index contributed by atoms with van der Waals surface area (Å²) in [6.07, 6.45) is 0.653. The van der Waals surface area contributed by atoms with Gasteiger partial charge in [0.05, 0.1) is 10.7 Å². The number of carboxylic acids is 1. The summed E-state index contributed by atoms with van der Waals surface area (Å²) in [5, 5.41) is 10.2. The van der Waals surface area contributed by atoms with Gasteiger partial charge in [-0.2, -0.15) is 0 Å². The Labute approximate surface area is 130 Å². The van der Waals surface area contributed by atoms with E-state index in [-0.39, 0.29) is 5.41 Å². The number of carboxylic acid groups (broad SMARTS) is 1. The van der Waals surface area contributed by atoms with Gasteiger partial charge in [-0.3, -0.25) is 0 Å². The molecule has 1 aromatic heterocycles. The molecule has 0 amide bonds. The molecule has 106 valence electrons. The third-order valence-electron chi connectivity index (χ3n) is 2.82. The molecule has 0 saturated carbocycles. The minimum atomic E-state index is -0.895. The number of carbonyl (C=O) groups is 1. The first-order chi connectivity index (χ1) is 9.27. The van der Waals surface area contributed by atoms with Crippen LogP contribution in [0.5, 0.6) is 0 Å². The highest BCUT2D eigenvalue weighted by molar-refractivity contribution is 9.10. The van der Waals surface area contributed by atoms with Crippen molar-refractivity contribution >= 4 is 33.2 Å². The molecule has 0 radical (unpaired) electrons.